The number of phenolic OH excluding ortho intramolecular Hbond substituents is 1. The summed E-state index contributed by atoms with van der Waals surface area (Å²) in [5.74, 6) is 7.92. The molecule has 1 N–H and O–H groups in total. The normalized spacial score (nSPS) is 29.1. The van der Waals surface area contributed by atoms with E-state index < -0.39 is 0 Å². The van der Waals surface area contributed by atoms with Gasteiger partial charge in [-0.05, 0) is 68.3 Å². The molecule has 6 rings (SSSR count). The van der Waals surface area contributed by atoms with Crippen LogP contribution in [0.2, 0.25) is 0 Å². The van der Waals surface area contributed by atoms with Gasteiger partial charge in [0.1, 0.15) is 17.6 Å². The SMILES string of the molecule is C=CCN1CC[C@@]23c4c5ccc(O)c4C[C@@H]1[C@@H]2CC[C@@H](N(CC(C)C)C(=O)C#Cc1ccccc1)[C@@H]3O5. The van der Waals surface area contributed by atoms with Crippen molar-refractivity contribution in [2.45, 2.75) is 63.1 Å². The predicted octanol–water partition coefficient (Wildman–Crippen LogP) is 4.52. The van der Waals surface area contributed by atoms with Gasteiger partial charge in [-0.2, -0.15) is 0 Å². The van der Waals surface area contributed by atoms with E-state index in [1.54, 1.807) is 6.07 Å². The average molecular weight is 497 g/mol. The van der Waals surface area contributed by atoms with Crippen molar-refractivity contribution in [1.29, 1.82) is 0 Å². The monoisotopic (exact) mass is 496 g/mol. The van der Waals surface area contributed by atoms with Crippen LogP contribution in [0.3, 0.4) is 0 Å². The maximum atomic E-state index is 13.7. The number of piperidine rings is 1. The van der Waals surface area contributed by atoms with Gasteiger partial charge in [-0.3, -0.25) is 9.69 Å². The van der Waals surface area contributed by atoms with Crippen molar-refractivity contribution in [1.82, 2.24) is 9.80 Å². The number of carbonyl (C=O) groups excluding carboxylic acids is 1. The molecule has 37 heavy (non-hydrogen) atoms. The van der Waals surface area contributed by atoms with Crippen molar-refractivity contribution in [3.63, 3.8) is 0 Å². The first kappa shape index (κ1) is 24.1. The van der Waals surface area contributed by atoms with Crippen molar-refractivity contribution in [3.8, 4) is 23.3 Å². The number of carbonyl (C=O) groups is 1. The largest absolute Gasteiger partial charge is 0.508 e. The van der Waals surface area contributed by atoms with Gasteiger partial charge in [0.25, 0.3) is 5.91 Å². The Hall–Kier alpha value is -3.23. The summed E-state index contributed by atoms with van der Waals surface area (Å²) in [6.07, 6.45) is 5.60. The lowest BCUT2D eigenvalue weighted by atomic mass is 9.51. The Morgan fingerprint density at radius 2 is 2.08 bits per heavy atom. The fraction of sp³-hybridized carbons (Fsp3) is 0.469. The highest BCUT2D eigenvalue weighted by molar-refractivity contribution is 5.94. The highest BCUT2D eigenvalue weighted by Gasteiger charge is 2.66. The van der Waals surface area contributed by atoms with E-state index in [1.807, 2.05) is 47.4 Å². The molecule has 0 unspecified atom stereocenters. The molecule has 2 bridgehead atoms. The van der Waals surface area contributed by atoms with E-state index in [0.29, 0.717) is 30.2 Å². The van der Waals surface area contributed by atoms with Crippen LogP contribution in [0.15, 0.2) is 55.1 Å². The van der Waals surface area contributed by atoms with Crippen LogP contribution in [-0.2, 0) is 16.6 Å². The summed E-state index contributed by atoms with van der Waals surface area (Å²) in [5.41, 5.74) is 2.92. The first-order chi connectivity index (χ1) is 17.9. The van der Waals surface area contributed by atoms with Gasteiger partial charge in [-0.15, -0.1) is 6.58 Å². The molecule has 0 radical (unpaired) electrons. The average Bonchev–Trinajstić information content (AvgIpc) is 3.23. The molecule has 2 aliphatic heterocycles. The molecule has 2 aromatic carbocycles. The molecule has 2 heterocycles. The maximum Gasteiger partial charge on any atom is 0.299 e. The summed E-state index contributed by atoms with van der Waals surface area (Å²) in [6, 6.07) is 13.7. The summed E-state index contributed by atoms with van der Waals surface area (Å²) in [4.78, 5) is 18.2. The predicted molar refractivity (Wildman–Crippen MR) is 144 cm³/mol. The van der Waals surface area contributed by atoms with Gasteiger partial charge in [0.15, 0.2) is 0 Å². The van der Waals surface area contributed by atoms with Crippen LogP contribution in [-0.4, -0.2) is 58.6 Å². The first-order valence-corrected chi connectivity index (χ1v) is 13.7. The summed E-state index contributed by atoms with van der Waals surface area (Å²) in [7, 11) is 0. The fourth-order valence-corrected chi connectivity index (χ4v) is 7.80. The number of ether oxygens (including phenoxy) is 1. The number of amides is 1. The summed E-state index contributed by atoms with van der Waals surface area (Å²) in [6.45, 7) is 10.8. The van der Waals surface area contributed by atoms with Crippen LogP contribution < -0.4 is 4.74 Å². The second kappa shape index (κ2) is 9.26. The van der Waals surface area contributed by atoms with Gasteiger partial charge < -0.3 is 14.7 Å². The second-order valence-electron chi connectivity index (χ2n) is 11.5. The molecule has 5 heteroatoms. The van der Waals surface area contributed by atoms with E-state index in [4.69, 9.17) is 4.74 Å². The van der Waals surface area contributed by atoms with Crippen LogP contribution in [0, 0.1) is 23.7 Å². The third-order valence-electron chi connectivity index (χ3n) is 9.10. The van der Waals surface area contributed by atoms with Crippen LogP contribution in [0.4, 0.5) is 0 Å². The number of phenols is 1. The van der Waals surface area contributed by atoms with Crippen LogP contribution in [0.1, 0.15) is 49.8 Å². The van der Waals surface area contributed by atoms with Crippen molar-refractivity contribution in [2.75, 3.05) is 19.6 Å². The second-order valence-corrected chi connectivity index (χ2v) is 11.5. The van der Waals surface area contributed by atoms with Crippen LogP contribution in [0.25, 0.3) is 0 Å². The summed E-state index contributed by atoms with van der Waals surface area (Å²) < 4.78 is 6.83. The van der Waals surface area contributed by atoms with E-state index in [-0.39, 0.29) is 23.5 Å². The molecule has 2 aliphatic carbocycles. The Kier molecular flexibility index (Phi) is 6.04. The molecule has 1 saturated heterocycles. The third-order valence-corrected chi connectivity index (χ3v) is 9.10. The molecule has 4 aliphatic rings. The zero-order chi connectivity index (χ0) is 25.7. The molecule has 2 aromatic rings. The smallest absolute Gasteiger partial charge is 0.299 e. The lowest BCUT2D eigenvalue weighted by molar-refractivity contribution is -0.137. The minimum atomic E-state index is -0.185. The quantitative estimate of drug-likeness (QED) is 0.489. The van der Waals surface area contributed by atoms with Crippen molar-refractivity contribution in [3.05, 3.63) is 71.8 Å². The van der Waals surface area contributed by atoms with Gasteiger partial charge in [0.05, 0.1) is 6.04 Å². The Morgan fingerprint density at radius 1 is 1.27 bits per heavy atom. The molecule has 5 atom stereocenters. The minimum Gasteiger partial charge on any atom is -0.508 e. The number of hydrogen-bond donors (Lipinski definition) is 1. The van der Waals surface area contributed by atoms with E-state index in [9.17, 15) is 9.90 Å². The Labute approximate surface area is 220 Å². The molecule has 1 saturated carbocycles. The van der Waals surface area contributed by atoms with Gasteiger partial charge in [-0.25, -0.2) is 0 Å². The van der Waals surface area contributed by atoms with E-state index in [1.165, 1.54) is 5.56 Å². The summed E-state index contributed by atoms with van der Waals surface area (Å²) >= 11 is 0. The number of aromatic hydroxyl groups is 1. The van der Waals surface area contributed by atoms with Crippen LogP contribution in [0.5, 0.6) is 11.5 Å². The zero-order valence-corrected chi connectivity index (χ0v) is 21.8. The first-order valence-electron chi connectivity index (χ1n) is 13.7. The molecular formula is C32H36N2O3. The Balaban J connectivity index is 1.41. The van der Waals surface area contributed by atoms with Crippen molar-refractivity contribution >= 4 is 5.91 Å². The maximum absolute atomic E-state index is 13.7. The number of rotatable bonds is 5. The number of likely N-dealkylation sites (tertiary alicyclic amines) is 1. The number of hydrogen-bond acceptors (Lipinski definition) is 4. The van der Waals surface area contributed by atoms with E-state index in [0.717, 1.165) is 55.6 Å². The third kappa shape index (κ3) is 3.77. The Morgan fingerprint density at radius 3 is 2.84 bits per heavy atom. The molecule has 5 nitrogen and oxygen atoms in total. The van der Waals surface area contributed by atoms with Crippen LogP contribution >= 0.6 is 0 Å². The molecule has 1 spiro atoms. The molecule has 2 fully saturated rings. The van der Waals surface area contributed by atoms with Gasteiger partial charge in [0, 0.05) is 47.2 Å². The highest BCUT2D eigenvalue weighted by Crippen LogP contribution is 2.63. The van der Waals surface area contributed by atoms with Gasteiger partial charge in [-0.1, -0.05) is 44.0 Å². The highest BCUT2D eigenvalue weighted by atomic mass is 16.5. The number of benzene rings is 2. The topological polar surface area (TPSA) is 53.0 Å². The standard InChI is InChI=1S/C32H36N2O3/c1-4-17-33-18-16-32-24-11-12-25(31(32)37-28-14-13-27(35)23(30(28)32)19-26(24)33)34(20-21(2)3)29(36)15-10-22-8-6-5-7-9-22/h4-9,13-14,21,24-26,31,35H,1,11-12,16-20H2,2-3H3/t24-,25+,26+,31-,32-/m0/s1. The number of nitrogens with zero attached hydrogens (tertiary/aromatic N) is 2. The van der Waals surface area contributed by atoms with E-state index in [2.05, 4.69) is 37.2 Å². The summed E-state index contributed by atoms with van der Waals surface area (Å²) in [5, 5.41) is 10.9. The molecular weight excluding hydrogens is 460 g/mol. The zero-order valence-electron chi connectivity index (χ0n) is 21.8. The molecule has 1 amide bonds. The van der Waals surface area contributed by atoms with E-state index >= 15 is 0 Å². The van der Waals surface area contributed by atoms with Crippen molar-refractivity contribution in [2.24, 2.45) is 11.8 Å². The van der Waals surface area contributed by atoms with Crippen molar-refractivity contribution < 1.29 is 14.6 Å². The van der Waals surface area contributed by atoms with Gasteiger partial charge in [0.2, 0.25) is 0 Å². The lowest BCUT2D eigenvalue weighted by Crippen LogP contribution is -2.69. The fourth-order valence-electron chi connectivity index (χ4n) is 7.80. The Bertz CT molecular complexity index is 1280. The van der Waals surface area contributed by atoms with Gasteiger partial charge >= 0.3 is 0 Å². The lowest BCUT2D eigenvalue weighted by Gasteiger charge is -2.60. The molecule has 192 valence electrons. The molecule has 0 aromatic heterocycles. The minimum absolute atomic E-state index is 0.0525.